The molecule has 0 saturated heterocycles. The lowest BCUT2D eigenvalue weighted by Gasteiger charge is -2.12. The Morgan fingerprint density at radius 3 is 2.78 bits per heavy atom. The molecule has 2 heterocycles. The topological polar surface area (TPSA) is 39.1 Å². The number of nitrogens with zero attached hydrogens (tertiary/aromatic N) is 2. The van der Waals surface area contributed by atoms with Gasteiger partial charge in [-0.25, -0.2) is 13.5 Å². The van der Waals surface area contributed by atoms with E-state index in [4.69, 9.17) is 4.74 Å². The largest absolute Gasteiger partial charge is 0.488 e. The molecule has 6 heteroatoms. The van der Waals surface area contributed by atoms with Gasteiger partial charge >= 0.3 is 0 Å². The number of benzene rings is 2. The lowest BCUT2D eigenvalue weighted by Crippen LogP contribution is -2.30. The number of para-hydroxylation sites is 1. The number of nitrogens with one attached hydrogen (secondary N) is 1. The normalized spacial score (nSPS) is 15.6. The molecule has 1 aliphatic heterocycles. The van der Waals surface area contributed by atoms with E-state index in [1.807, 2.05) is 32.0 Å². The number of aromatic nitrogens is 2. The van der Waals surface area contributed by atoms with Crippen molar-refractivity contribution in [1.29, 1.82) is 0 Å². The van der Waals surface area contributed by atoms with Crippen LogP contribution in [0, 0.1) is 25.5 Å². The number of fused-ring (bicyclic) bond motifs is 1. The monoisotopic (exact) mass is 369 g/mol. The molecule has 1 aliphatic rings. The highest BCUT2D eigenvalue weighted by atomic mass is 19.1. The molecule has 0 fully saturated rings. The van der Waals surface area contributed by atoms with Gasteiger partial charge in [-0.3, -0.25) is 0 Å². The lowest BCUT2D eigenvalue weighted by atomic mass is 10.1. The lowest BCUT2D eigenvalue weighted by molar-refractivity contribution is 0.227. The Hall–Kier alpha value is -2.73. The number of hydrogen-bond donors (Lipinski definition) is 1. The van der Waals surface area contributed by atoms with Crippen LogP contribution in [-0.4, -0.2) is 22.4 Å². The number of rotatable bonds is 5. The Kier molecular flexibility index (Phi) is 4.66. The summed E-state index contributed by atoms with van der Waals surface area (Å²) in [5.41, 5.74) is 4.14. The van der Waals surface area contributed by atoms with E-state index in [-0.39, 0.29) is 11.8 Å². The second-order valence-corrected chi connectivity index (χ2v) is 6.84. The molecular formula is C21H21F2N3O. The summed E-state index contributed by atoms with van der Waals surface area (Å²) in [4.78, 5) is 0. The summed E-state index contributed by atoms with van der Waals surface area (Å²) in [6, 6.07) is 11.6. The van der Waals surface area contributed by atoms with Crippen LogP contribution in [0.15, 0.2) is 42.5 Å². The van der Waals surface area contributed by atoms with Crippen molar-refractivity contribution in [3.05, 3.63) is 76.6 Å². The highest BCUT2D eigenvalue weighted by Crippen LogP contribution is 2.28. The Labute approximate surface area is 156 Å². The van der Waals surface area contributed by atoms with Crippen LogP contribution >= 0.6 is 0 Å². The first-order valence-corrected chi connectivity index (χ1v) is 8.98. The summed E-state index contributed by atoms with van der Waals surface area (Å²) in [6.07, 6.45) is 0.994. The van der Waals surface area contributed by atoms with Gasteiger partial charge in [-0.1, -0.05) is 18.2 Å². The second-order valence-electron chi connectivity index (χ2n) is 6.84. The minimum Gasteiger partial charge on any atom is -0.488 e. The van der Waals surface area contributed by atoms with E-state index in [1.54, 1.807) is 0 Å². The molecule has 4 nitrogen and oxygen atoms in total. The summed E-state index contributed by atoms with van der Waals surface area (Å²) in [6.45, 7) is 5.10. The van der Waals surface area contributed by atoms with Crippen LogP contribution in [0.4, 0.5) is 8.78 Å². The van der Waals surface area contributed by atoms with Gasteiger partial charge in [0.05, 0.1) is 5.69 Å². The summed E-state index contributed by atoms with van der Waals surface area (Å²) >= 11 is 0. The van der Waals surface area contributed by atoms with Crippen molar-refractivity contribution < 1.29 is 13.5 Å². The Bertz CT molecular complexity index is 959. The molecule has 140 valence electrons. The van der Waals surface area contributed by atoms with E-state index in [0.29, 0.717) is 13.1 Å². The number of ether oxygens (including phenoxy) is 1. The van der Waals surface area contributed by atoms with Crippen LogP contribution in [0.3, 0.4) is 0 Å². The van der Waals surface area contributed by atoms with Crippen molar-refractivity contribution in [3.8, 4) is 11.4 Å². The SMILES string of the molecule is Cc1nn(-c2ccc(F)cc2F)c(C)c1CNC[C@H]1Cc2ccccc2O1. The molecule has 0 radical (unpaired) electrons. The van der Waals surface area contributed by atoms with Crippen LogP contribution in [0.1, 0.15) is 22.5 Å². The van der Waals surface area contributed by atoms with Gasteiger partial charge in [0.1, 0.15) is 23.4 Å². The molecule has 4 rings (SSSR count). The van der Waals surface area contributed by atoms with Gasteiger partial charge < -0.3 is 10.1 Å². The van der Waals surface area contributed by atoms with Gasteiger partial charge in [0.25, 0.3) is 0 Å². The molecule has 1 atom stereocenters. The van der Waals surface area contributed by atoms with Gasteiger partial charge in [0, 0.05) is 36.8 Å². The van der Waals surface area contributed by atoms with Gasteiger partial charge in [-0.15, -0.1) is 0 Å². The molecule has 0 saturated carbocycles. The van der Waals surface area contributed by atoms with Crippen molar-refractivity contribution in [1.82, 2.24) is 15.1 Å². The molecule has 1 aromatic heterocycles. The number of halogens is 2. The standard InChI is InChI=1S/C21H21F2N3O/c1-13-18(12-24-11-17-9-15-5-3-4-6-21(15)27-17)14(2)26(25-13)20-8-7-16(22)10-19(20)23/h3-8,10,17,24H,9,11-12H2,1-2H3/t17-/m1/s1. The summed E-state index contributed by atoms with van der Waals surface area (Å²) in [5, 5.41) is 7.85. The van der Waals surface area contributed by atoms with Crippen LogP contribution in [-0.2, 0) is 13.0 Å². The van der Waals surface area contributed by atoms with E-state index in [9.17, 15) is 8.78 Å². The molecule has 27 heavy (non-hydrogen) atoms. The maximum atomic E-state index is 14.1. The van der Waals surface area contributed by atoms with Gasteiger partial charge in [-0.2, -0.15) is 5.10 Å². The van der Waals surface area contributed by atoms with E-state index in [1.165, 1.54) is 22.4 Å². The maximum absolute atomic E-state index is 14.1. The third kappa shape index (κ3) is 3.45. The highest BCUT2D eigenvalue weighted by Gasteiger charge is 2.22. The van der Waals surface area contributed by atoms with E-state index in [0.717, 1.165) is 35.2 Å². The van der Waals surface area contributed by atoms with Crippen LogP contribution in [0.25, 0.3) is 5.69 Å². The fourth-order valence-electron chi connectivity index (χ4n) is 3.54. The molecule has 0 spiro atoms. The molecule has 0 amide bonds. The minimum atomic E-state index is -0.628. The Morgan fingerprint density at radius 2 is 2.00 bits per heavy atom. The maximum Gasteiger partial charge on any atom is 0.151 e. The average Bonchev–Trinajstić information content (AvgIpc) is 3.17. The van der Waals surface area contributed by atoms with E-state index < -0.39 is 11.6 Å². The average molecular weight is 369 g/mol. The molecule has 2 aromatic carbocycles. The molecule has 0 unspecified atom stereocenters. The summed E-state index contributed by atoms with van der Waals surface area (Å²) in [5.74, 6) is -0.272. The fraction of sp³-hybridized carbons (Fsp3) is 0.286. The quantitative estimate of drug-likeness (QED) is 0.742. The zero-order chi connectivity index (χ0) is 19.0. The van der Waals surface area contributed by atoms with E-state index in [2.05, 4.69) is 16.5 Å². The predicted octanol–water partition coefficient (Wildman–Crippen LogP) is 3.86. The first kappa shape index (κ1) is 17.7. The first-order chi connectivity index (χ1) is 13.0. The van der Waals surface area contributed by atoms with Crippen LogP contribution < -0.4 is 10.1 Å². The fourth-order valence-corrected chi connectivity index (χ4v) is 3.54. The zero-order valence-electron chi connectivity index (χ0n) is 15.3. The van der Waals surface area contributed by atoms with Gasteiger partial charge in [-0.05, 0) is 37.6 Å². The number of hydrogen-bond acceptors (Lipinski definition) is 3. The second kappa shape index (κ2) is 7.12. The molecule has 0 bridgehead atoms. The van der Waals surface area contributed by atoms with Crippen molar-refractivity contribution in [2.45, 2.75) is 32.9 Å². The molecule has 3 aromatic rings. The minimum absolute atomic E-state index is 0.104. The highest BCUT2D eigenvalue weighted by molar-refractivity contribution is 5.39. The van der Waals surface area contributed by atoms with Crippen LogP contribution in [0.2, 0.25) is 0 Å². The van der Waals surface area contributed by atoms with Gasteiger partial charge in [0.2, 0.25) is 0 Å². The van der Waals surface area contributed by atoms with Crippen molar-refractivity contribution in [2.24, 2.45) is 0 Å². The third-order valence-corrected chi connectivity index (χ3v) is 4.97. The Balaban J connectivity index is 1.44. The number of aryl methyl sites for hydroxylation is 1. The summed E-state index contributed by atoms with van der Waals surface area (Å²) < 4.78 is 34.7. The molecular weight excluding hydrogens is 348 g/mol. The molecule has 1 N–H and O–H groups in total. The first-order valence-electron chi connectivity index (χ1n) is 8.98. The van der Waals surface area contributed by atoms with Crippen LogP contribution in [0.5, 0.6) is 5.75 Å². The predicted molar refractivity (Wildman–Crippen MR) is 99.2 cm³/mol. The smallest absolute Gasteiger partial charge is 0.151 e. The van der Waals surface area contributed by atoms with E-state index >= 15 is 0 Å². The Morgan fingerprint density at radius 1 is 1.19 bits per heavy atom. The molecule has 0 aliphatic carbocycles. The zero-order valence-corrected chi connectivity index (χ0v) is 15.3. The van der Waals surface area contributed by atoms with Gasteiger partial charge in [0.15, 0.2) is 5.82 Å². The third-order valence-electron chi connectivity index (χ3n) is 4.97. The summed E-state index contributed by atoms with van der Waals surface area (Å²) in [7, 11) is 0. The van der Waals surface area contributed by atoms with Crippen molar-refractivity contribution in [2.75, 3.05) is 6.54 Å². The van der Waals surface area contributed by atoms with Crippen molar-refractivity contribution >= 4 is 0 Å². The van der Waals surface area contributed by atoms with Crippen molar-refractivity contribution in [3.63, 3.8) is 0 Å².